The predicted octanol–water partition coefficient (Wildman–Crippen LogP) is 2.67. The van der Waals surface area contributed by atoms with E-state index in [1.165, 1.54) is 0 Å². The van der Waals surface area contributed by atoms with Crippen molar-refractivity contribution in [1.29, 1.82) is 0 Å². The van der Waals surface area contributed by atoms with Gasteiger partial charge in [-0.05, 0) is 19.1 Å². The van der Waals surface area contributed by atoms with E-state index in [4.69, 9.17) is 14.2 Å². The second kappa shape index (κ2) is 7.71. The first kappa shape index (κ1) is 13.8. The lowest BCUT2D eigenvalue weighted by Gasteiger charge is -2.09. The van der Waals surface area contributed by atoms with Crippen molar-refractivity contribution in [3.05, 3.63) is 36.5 Å². The van der Waals surface area contributed by atoms with Crippen LogP contribution in [-0.2, 0) is 9.47 Å². The van der Waals surface area contributed by atoms with Gasteiger partial charge in [0.1, 0.15) is 17.9 Å². The molecule has 19 heavy (non-hydrogen) atoms. The molecule has 0 saturated heterocycles. The highest BCUT2D eigenvalue weighted by atomic mass is 16.5. The maximum absolute atomic E-state index is 5.70. The molecule has 1 heterocycles. The molecule has 0 unspecified atom stereocenters. The second-order valence-corrected chi connectivity index (χ2v) is 3.99. The first-order valence-electron chi connectivity index (χ1n) is 6.54. The Morgan fingerprint density at radius 1 is 0.947 bits per heavy atom. The van der Waals surface area contributed by atoms with Crippen LogP contribution >= 0.6 is 0 Å². The van der Waals surface area contributed by atoms with Crippen molar-refractivity contribution in [1.82, 2.24) is 4.98 Å². The van der Waals surface area contributed by atoms with Crippen molar-refractivity contribution in [2.45, 2.75) is 6.92 Å². The highest BCUT2D eigenvalue weighted by Gasteiger charge is 2.02. The lowest BCUT2D eigenvalue weighted by molar-refractivity contribution is 0.0406. The number of hydrogen-bond acceptors (Lipinski definition) is 4. The lowest BCUT2D eigenvalue weighted by atomic mass is 10.2. The monoisotopic (exact) mass is 261 g/mol. The Morgan fingerprint density at radius 2 is 1.74 bits per heavy atom. The van der Waals surface area contributed by atoms with E-state index in [0.29, 0.717) is 26.4 Å². The van der Waals surface area contributed by atoms with E-state index in [2.05, 4.69) is 4.98 Å². The zero-order chi connectivity index (χ0) is 13.3. The fourth-order valence-corrected chi connectivity index (χ4v) is 1.77. The maximum atomic E-state index is 5.70. The molecule has 0 fully saturated rings. The molecule has 2 rings (SSSR count). The summed E-state index contributed by atoms with van der Waals surface area (Å²) in [5.74, 6) is 0.798. The number of nitrogens with zero attached hydrogens (tertiary/aromatic N) is 1. The number of rotatable bonds is 8. The van der Waals surface area contributed by atoms with Crippen LogP contribution < -0.4 is 4.74 Å². The van der Waals surface area contributed by atoms with E-state index in [1.54, 1.807) is 6.20 Å². The van der Waals surface area contributed by atoms with Gasteiger partial charge in [-0.1, -0.05) is 18.2 Å². The van der Waals surface area contributed by atoms with Crippen LogP contribution in [-0.4, -0.2) is 38.0 Å². The van der Waals surface area contributed by atoms with Gasteiger partial charge in [-0.25, -0.2) is 0 Å². The summed E-state index contributed by atoms with van der Waals surface area (Å²) in [5, 5.41) is 1.08. The molecule has 1 aromatic heterocycles. The Morgan fingerprint density at radius 3 is 2.63 bits per heavy atom. The largest absolute Gasteiger partial charge is 0.489 e. The van der Waals surface area contributed by atoms with Crippen molar-refractivity contribution in [2.75, 3.05) is 33.0 Å². The average molecular weight is 261 g/mol. The normalized spacial score (nSPS) is 10.8. The zero-order valence-corrected chi connectivity index (χ0v) is 11.2. The number of ether oxygens (including phenoxy) is 3. The summed E-state index contributed by atoms with van der Waals surface area (Å²) in [4.78, 5) is 4.33. The SMILES string of the molecule is CCOCCOCCOc1cccc2cccnc12. The number of hydrogen-bond donors (Lipinski definition) is 0. The van der Waals surface area contributed by atoms with Gasteiger partial charge >= 0.3 is 0 Å². The third-order valence-electron chi connectivity index (χ3n) is 2.66. The van der Waals surface area contributed by atoms with Crippen LogP contribution in [0.15, 0.2) is 36.5 Å². The first-order valence-corrected chi connectivity index (χ1v) is 6.54. The summed E-state index contributed by atoms with van der Waals surface area (Å²) in [6.07, 6.45) is 1.77. The molecular formula is C15H19NO3. The highest BCUT2D eigenvalue weighted by molar-refractivity contribution is 5.84. The van der Waals surface area contributed by atoms with Gasteiger partial charge in [0.2, 0.25) is 0 Å². The van der Waals surface area contributed by atoms with Crippen LogP contribution in [0.3, 0.4) is 0 Å². The smallest absolute Gasteiger partial charge is 0.145 e. The highest BCUT2D eigenvalue weighted by Crippen LogP contribution is 2.22. The van der Waals surface area contributed by atoms with Crippen LogP contribution in [0.1, 0.15) is 6.92 Å². The van der Waals surface area contributed by atoms with Crippen molar-refractivity contribution < 1.29 is 14.2 Å². The average Bonchev–Trinajstić information content (AvgIpc) is 2.46. The number of pyridine rings is 1. The Hall–Kier alpha value is -1.65. The van der Waals surface area contributed by atoms with E-state index in [9.17, 15) is 0 Å². The molecule has 0 spiro atoms. The molecule has 4 heteroatoms. The summed E-state index contributed by atoms with van der Waals surface area (Å²) >= 11 is 0. The minimum Gasteiger partial charge on any atom is -0.489 e. The minimum atomic E-state index is 0.516. The summed E-state index contributed by atoms with van der Waals surface area (Å²) in [6.45, 7) is 4.99. The molecular weight excluding hydrogens is 242 g/mol. The summed E-state index contributed by atoms with van der Waals surface area (Å²) < 4.78 is 16.3. The van der Waals surface area contributed by atoms with Crippen LogP contribution in [0.2, 0.25) is 0 Å². The number of aromatic nitrogens is 1. The molecule has 0 saturated carbocycles. The van der Waals surface area contributed by atoms with Crippen LogP contribution in [0, 0.1) is 0 Å². The van der Waals surface area contributed by atoms with Crippen molar-refractivity contribution >= 4 is 10.9 Å². The van der Waals surface area contributed by atoms with Crippen LogP contribution in [0.5, 0.6) is 5.75 Å². The van der Waals surface area contributed by atoms with Crippen molar-refractivity contribution in [3.63, 3.8) is 0 Å². The minimum absolute atomic E-state index is 0.516. The maximum Gasteiger partial charge on any atom is 0.145 e. The molecule has 0 amide bonds. The van der Waals surface area contributed by atoms with Gasteiger partial charge in [0.05, 0.1) is 19.8 Å². The summed E-state index contributed by atoms with van der Waals surface area (Å²) in [6, 6.07) is 9.86. The van der Waals surface area contributed by atoms with Gasteiger partial charge in [-0.2, -0.15) is 0 Å². The molecule has 102 valence electrons. The molecule has 0 radical (unpaired) electrons. The third kappa shape index (κ3) is 4.19. The number of fused-ring (bicyclic) bond motifs is 1. The van der Waals surface area contributed by atoms with E-state index in [0.717, 1.165) is 23.3 Å². The molecule has 0 aliphatic heterocycles. The van der Waals surface area contributed by atoms with Crippen molar-refractivity contribution in [3.8, 4) is 5.75 Å². The zero-order valence-electron chi connectivity index (χ0n) is 11.2. The Kier molecular flexibility index (Phi) is 5.59. The van der Waals surface area contributed by atoms with Gasteiger partial charge in [0.25, 0.3) is 0 Å². The van der Waals surface area contributed by atoms with Gasteiger partial charge in [0, 0.05) is 18.2 Å². The van der Waals surface area contributed by atoms with Gasteiger partial charge in [-0.3, -0.25) is 4.98 Å². The standard InChI is InChI=1S/C15H19NO3/c1-2-17-9-10-18-11-12-19-14-7-3-5-13-6-4-8-16-15(13)14/h3-8H,2,9-12H2,1H3. The third-order valence-corrected chi connectivity index (χ3v) is 2.66. The molecule has 4 nitrogen and oxygen atoms in total. The van der Waals surface area contributed by atoms with Crippen LogP contribution in [0.4, 0.5) is 0 Å². The predicted molar refractivity (Wildman–Crippen MR) is 74.6 cm³/mol. The first-order chi connectivity index (χ1) is 9.42. The molecule has 1 aromatic carbocycles. The lowest BCUT2D eigenvalue weighted by Crippen LogP contribution is -2.10. The van der Waals surface area contributed by atoms with Gasteiger partial charge in [-0.15, -0.1) is 0 Å². The van der Waals surface area contributed by atoms with Crippen molar-refractivity contribution in [2.24, 2.45) is 0 Å². The van der Waals surface area contributed by atoms with E-state index in [1.807, 2.05) is 37.3 Å². The Bertz CT molecular complexity index is 496. The second-order valence-electron chi connectivity index (χ2n) is 3.99. The van der Waals surface area contributed by atoms with E-state index in [-0.39, 0.29) is 0 Å². The number of benzene rings is 1. The Balaban J connectivity index is 1.78. The van der Waals surface area contributed by atoms with Crippen LogP contribution in [0.25, 0.3) is 10.9 Å². The molecule has 0 bridgehead atoms. The fourth-order valence-electron chi connectivity index (χ4n) is 1.77. The molecule has 0 aliphatic carbocycles. The molecule has 0 atom stereocenters. The summed E-state index contributed by atoms with van der Waals surface area (Å²) in [7, 11) is 0. The molecule has 2 aromatic rings. The van der Waals surface area contributed by atoms with E-state index < -0.39 is 0 Å². The van der Waals surface area contributed by atoms with Gasteiger partial charge < -0.3 is 14.2 Å². The fraction of sp³-hybridized carbons (Fsp3) is 0.400. The topological polar surface area (TPSA) is 40.6 Å². The Labute approximate surface area is 113 Å². The number of para-hydroxylation sites is 1. The van der Waals surface area contributed by atoms with Gasteiger partial charge in [0.15, 0.2) is 0 Å². The molecule has 0 N–H and O–H groups in total. The molecule has 0 aliphatic rings. The quantitative estimate of drug-likeness (QED) is 0.685. The van der Waals surface area contributed by atoms with E-state index >= 15 is 0 Å². The summed E-state index contributed by atoms with van der Waals surface area (Å²) in [5.41, 5.74) is 0.888.